The Labute approximate surface area is 172 Å². The van der Waals surface area contributed by atoms with Gasteiger partial charge in [0.25, 0.3) is 0 Å². The molecule has 0 radical (unpaired) electrons. The molecule has 2 aromatic heterocycles. The van der Waals surface area contributed by atoms with Gasteiger partial charge in [-0.15, -0.1) is 0 Å². The average Bonchev–Trinajstić information content (AvgIpc) is 3.06. The predicted octanol–water partition coefficient (Wildman–Crippen LogP) is 5.11. The lowest BCUT2D eigenvalue weighted by atomic mass is 10.0. The van der Waals surface area contributed by atoms with Crippen molar-refractivity contribution in [3.63, 3.8) is 0 Å². The van der Waals surface area contributed by atoms with Crippen molar-refractivity contribution >= 4 is 17.4 Å². The third-order valence-corrected chi connectivity index (χ3v) is 4.70. The van der Waals surface area contributed by atoms with Crippen molar-refractivity contribution in [1.29, 1.82) is 0 Å². The molecule has 4 rings (SSSR count). The highest BCUT2D eigenvalue weighted by atomic mass is 19.1. The Morgan fingerprint density at radius 2 is 1.63 bits per heavy atom. The van der Waals surface area contributed by atoms with Crippen molar-refractivity contribution in [3.8, 4) is 22.4 Å². The fourth-order valence-electron chi connectivity index (χ4n) is 3.43. The normalized spacial score (nSPS) is 10.8. The number of hydrogen-bond donors (Lipinski definition) is 0. The summed E-state index contributed by atoms with van der Waals surface area (Å²) in [7, 11) is 1.71. The molecule has 0 N–H and O–H groups in total. The summed E-state index contributed by atoms with van der Waals surface area (Å²) in [5.41, 5.74) is 3.07. The summed E-state index contributed by atoms with van der Waals surface area (Å²) in [6.07, 6.45) is 3.28. The lowest BCUT2D eigenvalue weighted by Crippen LogP contribution is -2.25. The van der Waals surface area contributed by atoms with E-state index in [-0.39, 0.29) is 11.7 Å². The molecule has 0 unspecified atom stereocenters. The van der Waals surface area contributed by atoms with Crippen LogP contribution in [-0.2, 0) is 11.8 Å². The number of anilines is 2. The van der Waals surface area contributed by atoms with Gasteiger partial charge in [-0.05, 0) is 60.2 Å². The van der Waals surface area contributed by atoms with E-state index < -0.39 is 5.82 Å². The molecule has 0 atom stereocenters. The summed E-state index contributed by atoms with van der Waals surface area (Å²) >= 11 is 0. The molecule has 0 aliphatic carbocycles. The van der Waals surface area contributed by atoms with Crippen molar-refractivity contribution in [2.45, 2.75) is 6.92 Å². The molecule has 0 fully saturated rings. The second-order valence-electron chi connectivity index (χ2n) is 6.75. The van der Waals surface area contributed by atoms with Crippen LogP contribution in [0, 0.1) is 11.6 Å². The van der Waals surface area contributed by atoms with Crippen molar-refractivity contribution < 1.29 is 13.6 Å². The molecule has 7 heteroatoms. The van der Waals surface area contributed by atoms with Crippen LogP contribution in [0.4, 0.5) is 20.3 Å². The van der Waals surface area contributed by atoms with Gasteiger partial charge < -0.3 is 0 Å². The maximum Gasteiger partial charge on any atom is 0.229 e. The summed E-state index contributed by atoms with van der Waals surface area (Å²) in [5.74, 6) is -0.640. The average molecular weight is 404 g/mol. The van der Waals surface area contributed by atoms with Crippen LogP contribution in [0.25, 0.3) is 22.4 Å². The zero-order valence-corrected chi connectivity index (χ0v) is 16.4. The van der Waals surface area contributed by atoms with Gasteiger partial charge in [-0.25, -0.2) is 8.78 Å². The summed E-state index contributed by atoms with van der Waals surface area (Å²) in [5, 5.41) is 4.62. The Bertz CT molecular complexity index is 1200. The van der Waals surface area contributed by atoms with E-state index in [2.05, 4.69) is 10.1 Å². The molecule has 30 heavy (non-hydrogen) atoms. The van der Waals surface area contributed by atoms with Crippen LogP contribution in [0.1, 0.15) is 6.92 Å². The first-order chi connectivity index (χ1) is 14.5. The van der Waals surface area contributed by atoms with E-state index >= 15 is 0 Å². The lowest BCUT2D eigenvalue weighted by molar-refractivity contribution is -0.115. The van der Waals surface area contributed by atoms with Crippen LogP contribution in [0.15, 0.2) is 73.1 Å². The van der Waals surface area contributed by atoms with Crippen molar-refractivity contribution in [2.24, 2.45) is 7.05 Å². The van der Waals surface area contributed by atoms with Gasteiger partial charge in [0.15, 0.2) is 0 Å². The van der Waals surface area contributed by atoms with Gasteiger partial charge in [-0.2, -0.15) is 5.10 Å². The number of nitrogens with zero attached hydrogens (tertiary/aromatic N) is 4. The van der Waals surface area contributed by atoms with Crippen molar-refractivity contribution in [2.75, 3.05) is 4.90 Å². The molecule has 1 amide bonds. The predicted molar refractivity (Wildman–Crippen MR) is 111 cm³/mol. The molecule has 4 aromatic rings. The molecule has 5 nitrogen and oxygen atoms in total. The largest absolute Gasteiger partial charge is 0.274 e. The van der Waals surface area contributed by atoms with Gasteiger partial charge in [0.2, 0.25) is 5.91 Å². The van der Waals surface area contributed by atoms with Gasteiger partial charge in [-0.1, -0.05) is 6.07 Å². The number of benzene rings is 2. The van der Waals surface area contributed by atoms with Gasteiger partial charge in [0.1, 0.15) is 23.1 Å². The van der Waals surface area contributed by atoms with E-state index in [0.29, 0.717) is 28.3 Å². The van der Waals surface area contributed by atoms with Crippen LogP contribution < -0.4 is 4.90 Å². The Hall–Kier alpha value is -3.87. The molecular formula is C23H18F2N4O. The summed E-state index contributed by atoms with van der Waals surface area (Å²) in [4.78, 5) is 18.2. The SMILES string of the molecule is CC(=O)N(c1cccc(F)c1)c1c(-c2ccncc2)c(-c2ccc(F)cc2)nn1C. The number of halogens is 2. The minimum absolute atomic E-state index is 0.301. The molecule has 0 saturated heterocycles. The third-order valence-electron chi connectivity index (χ3n) is 4.70. The van der Waals surface area contributed by atoms with Crippen LogP contribution in [0.5, 0.6) is 0 Å². The standard InChI is InChI=1S/C23H18F2N4O/c1-15(30)29(20-5-3-4-19(25)14-20)23-21(16-10-12-26-13-11-16)22(27-28(23)2)17-6-8-18(24)9-7-17/h3-14H,1-2H3. The number of aryl methyl sites for hydroxylation is 1. The van der Waals surface area contributed by atoms with E-state index in [1.807, 2.05) is 0 Å². The first-order valence-electron chi connectivity index (χ1n) is 9.25. The van der Waals surface area contributed by atoms with E-state index in [1.54, 1.807) is 60.5 Å². The van der Waals surface area contributed by atoms with Gasteiger partial charge in [0.05, 0.1) is 11.3 Å². The maximum absolute atomic E-state index is 13.9. The Kier molecular flexibility index (Phi) is 5.10. The summed E-state index contributed by atoms with van der Waals surface area (Å²) in [6, 6.07) is 15.4. The number of amides is 1. The number of carbonyl (C=O) groups is 1. The first-order valence-corrected chi connectivity index (χ1v) is 9.25. The zero-order valence-electron chi connectivity index (χ0n) is 16.4. The molecule has 0 aliphatic heterocycles. The van der Waals surface area contributed by atoms with E-state index in [1.165, 1.54) is 36.1 Å². The molecule has 0 aliphatic rings. The number of carbonyl (C=O) groups excluding carboxylic acids is 1. The minimum atomic E-state index is -0.454. The smallest absolute Gasteiger partial charge is 0.229 e. The summed E-state index contributed by atoms with van der Waals surface area (Å²) < 4.78 is 29.0. The Morgan fingerprint density at radius 3 is 2.27 bits per heavy atom. The van der Waals surface area contributed by atoms with Crippen LogP contribution in [0.2, 0.25) is 0 Å². The quantitative estimate of drug-likeness (QED) is 0.475. The highest BCUT2D eigenvalue weighted by Crippen LogP contribution is 2.41. The Morgan fingerprint density at radius 1 is 0.933 bits per heavy atom. The topological polar surface area (TPSA) is 51.0 Å². The fourth-order valence-corrected chi connectivity index (χ4v) is 3.43. The molecule has 0 bridgehead atoms. The minimum Gasteiger partial charge on any atom is -0.274 e. The molecule has 2 aromatic carbocycles. The lowest BCUT2D eigenvalue weighted by Gasteiger charge is -2.23. The Balaban J connectivity index is 2.01. The number of aromatic nitrogens is 3. The number of rotatable bonds is 4. The van der Waals surface area contributed by atoms with E-state index in [4.69, 9.17) is 0 Å². The highest BCUT2D eigenvalue weighted by Gasteiger charge is 2.27. The number of pyridine rings is 1. The maximum atomic E-state index is 13.9. The number of hydrogen-bond acceptors (Lipinski definition) is 3. The second-order valence-corrected chi connectivity index (χ2v) is 6.75. The van der Waals surface area contributed by atoms with Gasteiger partial charge >= 0.3 is 0 Å². The third kappa shape index (κ3) is 3.57. The van der Waals surface area contributed by atoms with Crippen molar-refractivity contribution in [1.82, 2.24) is 14.8 Å². The molecule has 0 saturated carbocycles. The van der Waals surface area contributed by atoms with Gasteiger partial charge in [0, 0.05) is 31.9 Å². The van der Waals surface area contributed by atoms with Crippen LogP contribution in [-0.4, -0.2) is 20.7 Å². The summed E-state index contributed by atoms with van der Waals surface area (Å²) in [6.45, 7) is 1.41. The highest BCUT2D eigenvalue weighted by molar-refractivity contribution is 6.04. The molecule has 2 heterocycles. The van der Waals surface area contributed by atoms with Crippen LogP contribution >= 0.6 is 0 Å². The molecule has 0 spiro atoms. The van der Waals surface area contributed by atoms with Crippen LogP contribution in [0.3, 0.4) is 0 Å². The first kappa shape index (κ1) is 19.4. The van der Waals surface area contributed by atoms with Crippen molar-refractivity contribution in [3.05, 3.63) is 84.7 Å². The molecule has 150 valence electrons. The van der Waals surface area contributed by atoms with E-state index in [0.717, 1.165) is 5.56 Å². The second kappa shape index (κ2) is 7.87. The monoisotopic (exact) mass is 404 g/mol. The van der Waals surface area contributed by atoms with E-state index in [9.17, 15) is 13.6 Å². The fraction of sp³-hybridized carbons (Fsp3) is 0.0870. The zero-order chi connectivity index (χ0) is 21.3. The molecular weight excluding hydrogens is 386 g/mol. The van der Waals surface area contributed by atoms with Gasteiger partial charge in [-0.3, -0.25) is 19.4 Å².